The van der Waals surface area contributed by atoms with Gasteiger partial charge in [0.1, 0.15) is 11.6 Å². The maximum Gasteiger partial charge on any atom is 0.264 e. The molecular formula is C60H65BrCl2N12O2S2Sn. The molecule has 10 aromatic rings. The van der Waals surface area contributed by atoms with Crippen molar-refractivity contribution in [1.82, 2.24) is 39.0 Å². The molecule has 414 valence electrons. The number of hydrogen-bond donors (Lipinski definition) is 4. The molecule has 0 saturated carbocycles. The summed E-state index contributed by atoms with van der Waals surface area (Å²) in [6.45, 7) is 10.9. The maximum absolute atomic E-state index is 13.6. The van der Waals surface area contributed by atoms with Gasteiger partial charge in [0.25, 0.3) is 11.1 Å². The van der Waals surface area contributed by atoms with Crippen molar-refractivity contribution < 1.29 is 0 Å². The van der Waals surface area contributed by atoms with Gasteiger partial charge in [-0.05, 0) is 89.1 Å². The molecule has 0 radical (unpaired) electrons. The third-order valence-corrected chi connectivity index (χ3v) is 32.0. The van der Waals surface area contributed by atoms with Crippen molar-refractivity contribution in [2.45, 2.75) is 98.5 Å². The van der Waals surface area contributed by atoms with E-state index in [1.165, 1.54) is 63.2 Å². The molecular weight excluding hydrogens is 1250 g/mol. The number of unbranched alkanes of at least 4 members (excludes halogenated alkanes) is 3. The molecule has 2 atom stereocenters. The molecule has 0 fully saturated rings. The number of nitrogens with zero attached hydrogens (tertiary/aromatic N) is 8. The zero-order valence-electron chi connectivity index (χ0n) is 45.4. The van der Waals surface area contributed by atoms with E-state index in [1.807, 2.05) is 128 Å². The van der Waals surface area contributed by atoms with Crippen LogP contribution in [0.2, 0.25) is 23.4 Å². The van der Waals surface area contributed by atoms with Gasteiger partial charge < -0.3 is 22.1 Å². The van der Waals surface area contributed by atoms with Crippen molar-refractivity contribution in [3.05, 3.63) is 190 Å². The third kappa shape index (κ3) is 14.3. The molecule has 0 amide bonds. The fourth-order valence-electron chi connectivity index (χ4n) is 9.86. The monoisotopic (exact) mass is 1320 g/mol. The number of para-hydroxylation sites is 2. The van der Waals surface area contributed by atoms with E-state index < -0.39 is 18.4 Å². The van der Waals surface area contributed by atoms with Crippen LogP contribution in [0.5, 0.6) is 0 Å². The Balaban J connectivity index is 0.000000165. The van der Waals surface area contributed by atoms with E-state index >= 15 is 0 Å². The summed E-state index contributed by atoms with van der Waals surface area (Å²) in [6.07, 6.45) is 11.6. The molecule has 6 N–H and O–H groups in total. The Bertz CT molecular complexity index is 3740. The number of hydrogen-bond acceptors (Lipinski definition) is 14. The first-order chi connectivity index (χ1) is 38.8. The molecule has 20 heteroatoms. The second-order valence-electron chi connectivity index (χ2n) is 19.5. The predicted molar refractivity (Wildman–Crippen MR) is 342 cm³/mol. The molecule has 10 rings (SSSR count). The number of pyridine rings is 2. The quantitative estimate of drug-likeness (QED) is 0.0560. The summed E-state index contributed by atoms with van der Waals surface area (Å²) < 4.78 is 10.2. The number of rotatable bonds is 19. The van der Waals surface area contributed by atoms with Gasteiger partial charge in [-0.2, -0.15) is 9.97 Å². The first-order valence-electron chi connectivity index (χ1n) is 26.8. The zero-order valence-corrected chi connectivity index (χ0v) is 53.0. The summed E-state index contributed by atoms with van der Waals surface area (Å²) >= 11 is 17.4. The van der Waals surface area contributed by atoms with Crippen LogP contribution in [0.4, 0.5) is 23.5 Å². The smallest absolute Gasteiger partial charge is 0.264 e. The predicted octanol–water partition coefficient (Wildman–Crippen LogP) is 15.5. The van der Waals surface area contributed by atoms with Crippen molar-refractivity contribution in [3.63, 3.8) is 0 Å². The fourth-order valence-corrected chi connectivity index (χ4v) is 29.0. The number of nitrogen functional groups attached to an aromatic ring is 2. The number of thiazole rings is 2. The number of aromatic nitrogens is 8. The molecule has 14 nitrogen and oxygen atoms in total. The van der Waals surface area contributed by atoms with E-state index in [0.29, 0.717) is 36.9 Å². The Hall–Kier alpha value is -6.22. The van der Waals surface area contributed by atoms with Crippen LogP contribution in [-0.2, 0) is 0 Å². The van der Waals surface area contributed by atoms with Gasteiger partial charge in [0.05, 0.1) is 54.1 Å². The molecule has 6 heterocycles. The average molecular weight is 1320 g/mol. The fraction of sp³-hybridized carbons (Fsp3) is 0.267. The van der Waals surface area contributed by atoms with Gasteiger partial charge >= 0.3 is 122 Å². The van der Waals surface area contributed by atoms with Crippen molar-refractivity contribution in [3.8, 4) is 22.6 Å². The molecule has 0 aliphatic heterocycles. The van der Waals surface area contributed by atoms with Crippen molar-refractivity contribution in [2.24, 2.45) is 0 Å². The van der Waals surface area contributed by atoms with Crippen LogP contribution >= 0.6 is 61.8 Å². The minimum Gasteiger partial charge on any atom is -0.368 e. The zero-order chi connectivity index (χ0) is 56.8. The first-order valence-corrected chi connectivity index (χ1v) is 37.7. The molecule has 4 aromatic carbocycles. The molecule has 0 aliphatic rings. The normalized spacial score (nSPS) is 12.1. The first kappa shape index (κ1) is 59.9. The van der Waals surface area contributed by atoms with Gasteiger partial charge in [0.2, 0.25) is 11.9 Å². The average Bonchev–Trinajstić information content (AvgIpc) is 4.22. The topological polar surface area (TPSA) is 197 Å². The van der Waals surface area contributed by atoms with Gasteiger partial charge in [-0.25, -0.2) is 15.0 Å². The third-order valence-electron chi connectivity index (χ3n) is 14.0. The minimum absolute atomic E-state index is 0.148. The Morgan fingerprint density at radius 2 is 1.06 bits per heavy atom. The summed E-state index contributed by atoms with van der Waals surface area (Å²) in [7, 11) is 0. The van der Waals surface area contributed by atoms with E-state index in [2.05, 4.69) is 83.1 Å². The molecule has 0 aliphatic carbocycles. The van der Waals surface area contributed by atoms with Gasteiger partial charge in [-0.15, -0.1) is 11.3 Å². The van der Waals surface area contributed by atoms with Crippen LogP contribution in [0.15, 0.2) is 157 Å². The molecule has 80 heavy (non-hydrogen) atoms. The molecule has 0 unspecified atom stereocenters. The number of fused-ring (bicyclic) bond motifs is 2. The largest absolute Gasteiger partial charge is 0.368 e. The number of benzene rings is 4. The van der Waals surface area contributed by atoms with Gasteiger partial charge in [-0.1, -0.05) is 83.9 Å². The molecule has 0 spiro atoms. The number of anilines is 4. The number of halogens is 3. The summed E-state index contributed by atoms with van der Waals surface area (Å²) in [5, 5.41) is 14.4. The van der Waals surface area contributed by atoms with Gasteiger partial charge in [0, 0.05) is 40.5 Å². The van der Waals surface area contributed by atoms with Crippen molar-refractivity contribution in [2.75, 3.05) is 22.1 Å². The number of nitrogens with one attached hydrogen (secondary N) is 2. The minimum atomic E-state index is -2.13. The maximum atomic E-state index is 13.6. The second kappa shape index (κ2) is 28.5. The summed E-state index contributed by atoms with van der Waals surface area (Å²) in [4.78, 5) is 52.9. The molecule has 0 saturated heterocycles. The summed E-state index contributed by atoms with van der Waals surface area (Å²) in [5.74, 6) is 1.39. The van der Waals surface area contributed by atoms with Crippen LogP contribution in [0, 0.1) is 0 Å². The Kier molecular flexibility index (Phi) is 21.3. The molecule has 0 bridgehead atoms. The van der Waals surface area contributed by atoms with Crippen LogP contribution in [0.25, 0.3) is 44.2 Å². The van der Waals surface area contributed by atoms with E-state index in [9.17, 15) is 9.59 Å². The van der Waals surface area contributed by atoms with Crippen molar-refractivity contribution in [1.29, 1.82) is 0 Å². The van der Waals surface area contributed by atoms with E-state index in [-0.39, 0.29) is 35.1 Å². The van der Waals surface area contributed by atoms with E-state index in [0.717, 1.165) is 44.8 Å². The van der Waals surface area contributed by atoms with E-state index in [4.69, 9.17) is 39.7 Å². The molecule has 6 aromatic heterocycles. The van der Waals surface area contributed by atoms with E-state index in [1.54, 1.807) is 42.9 Å². The second-order valence-corrected chi connectivity index (χ2v) is 35.6. The van der Waals surface area contributed by atoms with Gasteiger partial charge in [-0.3, -0.25) is 18.7 Å². The standard InChI is InChI=1S/C24H19ClN6OS.C21H17BrClN5O.3C4H9.C3H2NS.Sn/c1-14(29-22-17(11-27-24(26)30-22)19-12-33-13-28-19)20-10-15-6-5-9-18(25)21(15)23(32)31(20)16-7-3-2-4-8-16;1-12(26-19-15(22)11-25-21(24)27-19)17-10-13-6-5-9-16(23)18(13)20(29)28(17)14-7-3-2-4-8-14;3*1-3-4-2;1-2-5-3-4-1;/h2-14H,1H3,(H3,26,27,29,30);2-12H,1H3,(H3,24,25,26,27);3*1,3-4H2,2H3;2-3H;/t14-;12-;;;;;/m00...../s1. The van der Waals surface area contributed by atoms with Crippen molar-refractivity contribution >= 4 is 129 Å². The Morgan fingerprint density at radius 1 is 0.600 bits per heavy atom. The van der Waals surface area contributed by atoms with Gasteiger partial charge in [0.15, 0.2) is 0 Å². The SMILES string of the molecule is CCC[CH2][Sn]([CH2]CCC)([CH2]CCC)[c]1cscn1.C[C@H](Nc1nc(N)ncc1-c1cscn1)c1cc2cccc(Cl)c2c(=O)n1-c1ccccc1.C[C@H](Nc1nc(N)ncc1Br)c1cc2cccc(Cl)c2c(=O)n1-c1ccccc1. The van der Waals surface area contributed by atoms with Crippen LogP contribution in [0.3, 0.4) is 0 Å². The van der Waals surface area contributed by atoms with Crippen LogP contribution in [-0.4, -0.2) is 57.4 Å². The Labute approximate surface area is 497 Å². The Morgan fingerprint density at radius 3 is 1.52 bits per heavy atom. The van der Waals surface area contributed by atoms with Crippen LogP contribution < -0.4 is 36.9 Å². The van der Waals surface area contributed by atoms with Crippen LogP contribution in [0.1, 0.15) is 96.6 Å². The summed E-state index contributed by atoms with van der Waals surface area (Å²) in [5.41, 5.74) is 19.6. The summed E-state index contributed by atoms with van der Waals surface area (Å²) in [6, 6.07) is 33.2. The number of nitrogens with two attached hydrogens (primary N) is 2.